The molecule has 114 valence electrons. The number of halogens is 2. The monoisotopic (exact) mass is 322 g/mol. The second kappa shape index (κ2) is 5.42. The summed E-state index contributed by atoms with van der Waals surface area (Å²) < 4.78 is 14.6. The fraction of sp³-hybridized carbons (Fsp3) is 0.214. The number of hydrogen-bond acceptors (Lipinski definition) is 3. The Morgan fingerprint density at radius 2 is 2.27 bits per heavy atom. The van der Waals surface area contributed by atoms with Crippen LogP contribution in [0.25, 0.3) is 0 Å². The Labute approximate surface area is 130 Å². The van der Waals surface area contributed by atoms with Crippen LogP contribution >= 0.6 is 11.6 Å². The van der Waals surface area contributed by atoms with Crippen LogP contribution in [0, 0.1) is 12.7 Å². The molecule has 0 aliphatic carbocycles. The first-order valence-electron chi connectivity index (χ1n) is 6.56. The van der Waals surface area contributed by atoms with Crippen molar-refractivity contribution in [3.8, 4) is 0 Å². The van der Waals surface area contributed by atoms with E-state index in [0.717, 1.165) is 6.07 Å². The van der Waals surface area contributed by atoms with E-state index >= 15 is 0 Å². The van der Waals surface area contributed by atoms with Crippen molar-refractivity contribution in [2.75, 3.05) is 10.6 Å². The van der Waals surface area contributed by atoms with Crippen molar-refractivity contribution in [1.29, 1.82) is 0 Å². The molecular weight excluding hydrogens is 311 g/mol. The van der Waals surface area contributed by atoms with Crippen LogP contribution in [-0.2, 0) is 9.59 Å². The van der Waals surface area contributed by atoms with Crippen LogP contribution in [0.4, 0.5) is 15.9 Å². The summed E-state index contributed by atoms with van der Waals surface area (Å²) in [6, 6.07) is 4.80. The van der Waals surface area contributed by atoms with E-state index in [1.807, 2.05) is 0 Å². The Balaban J connectivity index is 1.85. The van der Waals surface area contributed by atoms with Gasteiger partial charge in [0, 0.05) is 11.8 Å². The summed E-state index contributed by atoms with van der Waals surface area (Å²) >= 11 is 5.68. The van der Waals surface area contributed by atoms with Crippen LogP contribution in [0.1, 0.15) is 18.2 Å². The molecule has 0 fully saturated rings. The van der Waals surface area contributed by atoms with Gasteiger partial charge < -0.3 is 10.6 Å². The summed E-state index contributed by atoms with van der Waals surface area (Å²) in [6.45, 7) is 1.77. The summed E-state index contributed by atoms with van der Waals surface area (Å²) in [5, 5.41) is 9.40. The number of carbonyl (C=O) groups excluding carboxylic acids is 2. The Bertz CT molecular complexity index is 774. The Kier molecular flexibility index (Phi) is 3.58. The van der Waals surface area contributed by atoms with E-state index in [1.54, 1.807) is 13.0 Å². The van der Waals surface area contributed by atoms with Gasteiger partial charge in [-0.3, -0.25) is 9.59 Å². The second-order valence-corrected chi connectivity index (χ2v) is 5.41. The normalized spacial score (nSPS) is 16.9. The number of hydrogen-bond donors (Lipinski definition) is 2. The Morgan fingerprint density at radius 3 is 3.00 bits per heavy atom. The lowest BCUT2D eigenvalue weighted by atomic mass is 10.1. The van der Waals surface area contributed by atoms with Gasteiger partial charge >= 0.3 is 0 Å². The van der Waals surface area contributed by atoms with Crippen molar-refractivity contribution < 1.29 is 14.0 Å². The average molecular weight is 323 g/mol. The second-order valence-electron chi connectivity index (χ2n) is 5.00. The van der Waals surface area contributed by atoms with Crippen LogP contribution in [0.15, 0.2) is 24.3 Å². The van der Waals surface area contributed by atoms with Gasteiger partial charge in [-0.1, -0.05) is 11.6 Å². The summed E-state index contributed by atoms with van der Waals surface area (Å²) in [7, 11) is 0. The standard InChI is InChI=1S/C14H12ClFN4O2/c1-7-4-12-18-13(21)6-11(20(12)19-7)14(22)17-8-2-3-10(16)9(15)5-8/h2-5,11H,6H2,1H3,(H,17,22)(H,18,21)/t11-/m0/s1. The molecule has 1 aliphatic heterocycles. The van der Waals surface area contributed by atoms with Gasteiger partial charge in [-0.15, -0.1) is 0 Å². The fourth-order valence-corrected chi connectivity index (χ4v) is 2.49. The smallest absolute Gasteiger partial charge is 0.249 e. The molecule has 2 heterocycles. The predicted octanol–water partition coefficient (Wildman–Crippen LogP) is 2.51. The van der Waals surface area contributed by atoms with Crippen molar-refractivity contribution in [3.63, 3.8) is 0 Å². The molecule has 22 heavy (non-hydrogen) atoms. The van der Waals surface area contributed by atoms with Crippen molar-refractivity contribution in [3.05, 3.63) is 40.8 Å². The van der Waals surface area contributed by atoms with E-state index in [0.29, 0.717) is 17.2 Å². The van der Waals surface area contributed by atoms with E-state index in [4.69, 9.17) is 11.6 Å². The lowest BCUT2D eigenvalue weighted by molar-refractivity contribution is -0.125. The van der Waals surface area contributed by atoms with E-state index in [1.165, 1.54) is 16.8 Å². The molecule has 0 bridgehead atoms. The summed E-state index contributed by atoms with van der Waals surface area (Å²) in [4.78, 5) is 24.1. The lowest BCUT2D eigenvalue weighted by Gasteiger charge is -2.23. The molecule has 0 unspecified atom stereocenters. The predicted molar refractivity (Wildman–Crippen MR) is 79.3 cm³/mol. The molecular formula is C14H12ClFN4O2. The number of fused-ring (bicyclic) bond motifs is 1. The van der Waals surface area contributed by atoms with Crippen molar-refractivity contribution in [2.45, 2.75) is 19.4 Å². The zero-order valence-corrected chi connectivity index (χ0v) is 12.3. The SMILES string of the molecule is Cc1cc2n(n1)[C@H](C(=O)Nc1ccc(F)c(Cl)c1)CC(=O)N2. The van der Waals surface area contributed by atoms with Crippen LogP contribution < -0.4 is 10.6 Å². The highest BCUT2D eigenvalue weighted by atomic mass is 35.5. The molecule has 6 nitrogen and oxygen atoms in total. The number of benzene rings is 1. The molecule has 2 aromatic rings. The van der Waals surface area contributed by atoms with Gasteiger partial charge in [-0.25, -0.2) is 9.07 Å². The number of nitrogens with zero attached hydrogens (tertiary/aromatic N) is 2. The number of amides is 2. The number of aryl methyl sites for hydroxylation is 1. The topological polar surface area (TPSA) is 76.0 Å². The van der Waals surface area contributed by atoms with Crippen molar-refractivity contribution in [1.82, 2.24) is 9.78 Å². The molecule has 1 aliphatic rings. The molecule has 1 aromatic heterocycles. The first-order chi connectivity index (χ1) is 10.4. The molecule has 0 saturated heterocycles. The van der Waals surface area contributed by atoms with Crippen LogP contribution in [0.3, 0.4) is 0 Å². The third-order valence-electron chi connectivity index (χ3n) is 3.29. The number of rotatable bonds is 2. The zero-order chi connectivity index (χ0) is 15.9. The largest absolute Gasteiger partial charge is 0.324 e. The maximum atomic E-state index is 13.1. The van der Waals surface area contributed by atoms with Gasteiger partial charge in [0.2, 0.25) is 11.8 Å². The molecule has 2 N–H and O–H groups in total. The minimum atomic E-state index is -0.763. The van der Waals surface area contributed by atoms with E-state index in [9.17, 15) is 14.0 Å². The molecule has 3 rings (SSSR count). The summed E-state index contributed by atoms with van der Waals surface area (Å²) in [5.74, 6) is -0.765. The molecule has 0 radical (unpaired) electrons. The van der Waals surface area contributed by atoms with Crippen molar-refractivity contribution >= 4 is 34.9 Å². The maximum Gasteiger partial charge on any atom is 0.249 e. The fourth-order valence-electron chi connectivity index (χ4n) is 2.31. The highest BCUT2D eigenvalue weighted by Gasteiger charge is 2.31. The molecule has 8 heteroatoms. The minimum absolute atomic E-state index is 0.0190. The van der Waals surface area contributed by atoms with Gasteiger partial charge in [-0.05, 0) is 25.1 Å². The van der Waals surface area contributed by atoms with E-state index < -0.39 is 17.8 Å². The van der Waals surface area contributed by atoms with Crippen LogP contribution in [-0.4, -0.2) is 21.6 Å². The highest BCUT2D eigenvalue weighted by molar-refractivity contribution is 6.31. The van der Waals surface area contributed by atoms with Gasteiger partial charge in [0.15, 0.2) is 0 Å². The first kappa shape index (κ1) is 14.5. The Morgan fingerprint density at radius 1 is 1.50 bits per heavy atom. The molecule has 2 amide bonds. The third-order valence-corrected chi connectivity index (χ3v) is 3.58. The number of anilines is 2. The molecule has 0 spiro atoms. The summed E-state index contributed by atoms with van der Waals surface area (Å²) in [6.07, 6.45) is -0.0190. The van der Waals surface area contributed by atoms with Gasteiger partial charge in [0.05, 0.1) is 17.1 Å². The minimum Gasteiger partial charge on any atom is -0.324 e. The number of nitrogens with one attached hydrogen (secondary N) is 2. The number of carbonyl (C=O) groups is 2. The van der Waals surface area contributed by atoms with Crippen LogP contribution in [0.2, 0.25) is 5.02 Å². The molecule has 0 saturated carbocycles. The Hall–Kier alpha value is -2.41. The molecule has 1 atom stereocenters. The highest BCUT2D eigenvalue weighted by Crippen LogP contribution is 2.27. The lowest BCUT2D eigenvalue weighted by Crippen LogP contribution is -2.35. The van der Waals surface area contributed by atoms with Crippen molar-refractivity contribution in [2.24, 2.45) is 0 Å². The first-order valence-corrected chi connectivity index (χ1v) is 6.94. The van der Waals surface area contributed by atoms with Gasteiger partial charge in [0.25, 0.3) is 0 Å². The van der Waals surface area contributed by atoms with E-state index in [2.05, 4.69) is 15.7 Å². The van der Waals surface area contributed by atoms with Gasteiger partial charge in [-0.2, -0.15) is 5.10 Å². The van der Waals surface area contributed by atoms with E-state index in [-0.39, 0.29) is 17.4 Å². The number of aromatic nitrogens is 2. The quantitative estimate of drug-likeness (QED) is 0.892. The third kappa shape index (κ3) is 2.67. The molecule has 1 aromatic carbocycles. The van der Waals surface area contributed by atoms with Gasteiger partial charge in [0.1, 0.15) is 17.7 Å². The average Bonchev–Trinajstić information content (AvgIpc) is 2.82. The maximum absolute atomic E-state index is 13.1. The zero-order valence-electron chi connectivity index (χ0n) is 11.6. The summed E-state index contributed by atoms with van der Waals surface area (Å²) in [5.41, 5.74) is 1.05. The van der Waals surface area contributed by atoms with Crippen LogP contribution in [0.5, 0.6) is 0 Å².